The molecule has 1 heterocycles. The van der Waals surface area contributed by atoms with Crippen LogP contribution in [0.2, 0.25) is 0 Å². The van der Waals surface area contributed by atoms with Gasteiger partial charge in [0.25, 0.3) is 0 Å². The Bertz CT molecular complexity index is 402. The molecule has 1 aliphatic heterocycles. The van der Waals surface area contributed by atoms with Crippen LogP contribution in [0.15, 0.2) is 24.3 Å². The molecule has 0 spiro atoms. The zero-order chi connectivity index (χ0) is 14.5. The highest BCUT2D eigenvalue weighted by molar-refractivity contribution is 5.48. The Balaban J connectivity index is 1.94. The Morgan fingerprint density at radius 1 is 1.20 bits per heavy atom. The molecule has 0 unspecified atom stereocenters. The average Bonchev–Trinajstić information content (AvgIpc) is 2.46. The lowest BCUT2D eigenvalue weighted by molar-refractivity contribution is 0.117. The number of methoxy groups -OCH3 is 1. The van der Waals surface area contributed by atoms with E-state index < -0.39 is 0 Å². The van der Waals surface area contributed by atoms with Crippen LogP contribution in [0.1, 0.15) is 32.3 Å². The molecule has 0 bridgehead atoms. The van der Waals surface area contributed by atoms with Crippen molar-refractivity contribution in [2.45, 2.75) is 32.7 Å². The molecular weight excluding hydrogens is 248 g/mol. The summed E-state index contributed by atoms with van der Waals surface area (Å²) in [6.45, 7) is 12.0. The van der Waals surface area contributed by atoms with Crippen LogP contribution in [-0.2, 0) is 4.74 Å². The maximum Gasteiger partial charge on any atom is 0.0589 e. The summed E-state index contributed by atoms with van der Waals surface area (Å²) in [4.78, 5) is 5.01. The topological polar surface area (TPSA) is 15.7 Å². The highest BCUT2D eigenvalue weighted by Crippen LogP contribution is 2.22. The fraction of sp³-hybridized carbons (Fsp3) is 0.647. The van der Waals surface area contributed by atoms with E-state index in [0.29, 0.717) is 12.0 Å². The summed E-state index contributed by atoms with van der Waals surface area (Å²) in [7, 11) is 1.77. The van der Waals surface area contributed by atoms with Gasteiger partial charge in [0.05, 0.1) is 6.61 Å². The third-order valence-electron chi connectivity index (χ3n) is 4.27. The van der Waals surface area contributed by atoms with Crippen LogP contribution in [0, 0.1) is 0 Å². The summed E-state index contributed by atoms with van der Waals surface area (Å²) in [5.74, 6) is 0.605. The molecule has 0 radical (unpaired) electrons. The van der Waals surface area contributed by atoms with E-state index in [0.717, 1.165) is 32.8 Å². The lowest BCUT2D eigenvalue weighted by Crippen LogP contribution is -2.52. The van der Waals surface area contributed by atoms with E-state index in [9.17, 15) is 0 Å². The van der Waals surface area contributed by atoms with Gasteiger partial charge in [-0.15, -0.1) is 0 Å². The lowest BCUT2D eigenvalue weighted by atomic mass is 10.0. The Labute approximate surface area is 123 Å². The molecule has 1 saturated heterocycles. The van der Waals surface area contributed by atoms with E-state index in [4.69, 9.17) is 4.74 Å². The third kappa shape index (κ3) is 3.74. The zero-order valence-corrected chi connectivity index (χ0v) is 13.3. The van der Waals surface area contributed by atoms with Crippen LogP contribution in [0.4, 0.5) is 5.69 Å². The first kappa shape index (κ1) is 15.3. The number of piperazine rings is 1. The van der Waals surface area contributed by atoms with Crippen LogP contribution < -0.4 is 4.90 Å². The molecule has 112 valence electrons. The van der Waals surface area contributed by atoms with Gasteiger partial charge in [-0.2, -0.15) is 0 Å². The molecule has 0 saturated carbocycles. The predicted molar refractivity (Wildman–Crippen MR) is 85.7 cm³/mol. The van der Waals surface area contributed by atoms with Gasteiger partial charge in [-0.25, -0.2) is 0 Å². The maximum absolute atomic E-state index is 5.18. The normalized spacial score (nSPS) is 20.6. The first-order valence-electron chi connectivity index (χ1n) is 7.69. The second-order valence-corrected chi connectivity index (χ2v) is 6.07. The molecule has 2 rings (SSSR count). The quantitative estimate of drug-likeness (QED) is 0.822. The van der Waals surface area contributed by atoms with Crippen LogP contribution in [0.5, 0.6) is 0 Å². The van der Waals surface area contributed by atoms with Crippen LogP contribution >= 0.6 is 0 Å². The van der Waals surface area contributed by atoms with E-state index in [1.807, 2.05) is 0 Å². The molecule has 3 nitrogen and oxygen atoms in total. The molecular formula is C17H28N2O. The van der Waals surface area contributed by atoms with E-state index in [-0.39, 0.29) is 0 Å². The average molecular weight is 276 g/mol. The second-order valence-electron chi connectivity index (χ2n) is 6.07. The molecule has 0 amide bonds. The molecule has 0 aromatic heterocycles. The number of nitrogens with zero attached hydrogens (tertiary/aromatic N) is 2. The van der Waals surface area contributed by atoms with Gasteiger partial charge in [0.1, 0.15) is 0 Å². The van der Waals surface area contributed by atoms with Crippen molar-refractivity contribution in [1.29, 1.82) is 0 Å². The van der Waals surface area contributed by atoms with E-state index >= 15 is 0 Å². The lowest BCUT2D eigenvalue weighted by Gasteiger charge is -2.41. The number of anilines is 1. The summed E-state index contributed by atoms with van der Waals surface area (Å²) < 4.78 is 5.18. The number of ether oxygens (including phenoxy) is 1. The molecule has 20 heavy (non-hydrogen) atoms. The molecule has 1 atom stereocenters. The van der Waals surface area contributed by atoms with Gasteiger partial charge in [0, 0.05) is 45.0 Å². The van der Waals surface area contributed by atoms with Gasteiger partial charge >= 0.3 is 0 Å². The van der Waals surface area contributed by atoms with Crippen molar-refractivity contribution < 1.29 is 4.74 Å². The van der Waals surface area contributed by atoms with Gasteiger partial charge in [-0.05, 0) is 30.5 Å². The van der Waals surface area contributed by atoms with E-state index in [2.05, 4.69) is 54.8 Å². The number of hydrogen-bond donors (Lipinski definition) is 0. The minimum atomic E-state index is 0.587. The van der Waals surface area contributed by atoms with Crippen molar-refractivity contribution >= 4 is 5.69 Å². The zero-order valence-electron chi connectivity index (χ0n) is 13.3. The molecule has 3 heteroatoms. The Morgan fingerprint density at radius 2 is 1.90 bits per heavy atom. The predicted octanol–water partition coefficient (Wildman–Crippen LogP) is 2.97. The summed E-state index contributed by atoms with van der Waals surface area (Å²) in [5.41, 5.74) is 2.77. The fourth-order valence-corrected chi connectivity index (χ4v) is 2.84. The molecule has 0 N–H and O–H groups in total. The van der Waals surface area contributed by atoms with Crippen LogP contribution in [0.25, 0.3) is 0 Å². The van der Waals surface area contributed by atoms with Gasteiger partial charge in [0.2, 0.25) is 0 Å². The first-order chi connectivity index (χ1) is 9.61. The Morgan fingerprint density at radius 3 is 2.45 bits per heavy atom. The largest absolute Gasteiger partial charge is 0.383 e. The smallest absolute Gasteiger partial charge is 0.0589 e. The fourth-order valence-electron chi connectivity index (χ4n) is 2.84. The maximum atomic E-state index is 5.18. The highest BCUT2D eigenvalue weighted by Gasteiger charge is 2.23. The van der Waals surface area contributed by atoms with E-state index in [1.54, 1.807) is 7.11 Å². The van der Waals surface area contributed by atoms with Gasteiger partial charge in [-0.3, -0.25) is 4.90 Å². The summed E-state index contributed by atoms with van der Waals surface area (Å²) in [6.07, 6.45) is 0. The number of rotatable bonds is 5. The minimum absolute atomic E-state index is 0.587. The van der Waals surface area contributed by atoms with E-state index in [1.165, 1.54) is 11.3 Å². The van der Waals surface area contributed by atoms with Gasteiger partial charge in [0.15, 0.2) is 0 Å². The van der Waals surface area contributed by atoms with Crippen molar-refractivity contribution in [1.82, 2.24) is 4.90 Å². The van der Waals surface area contributed by atoms with Crippen LogP contribution in [-0.4, -0.2) is 50.8 Å². The highest BCUT2D eigenvalue weighted by atomic mass is 16.5. The Hall–Kier alpha value is -1.06. The molecule has 1 aromatic carbocycles. The minimum Gasteiger partial charge on any atom is -0.383 e. The molecule has 1 aliphatic rings. The van der Waals surface area contributed by atoms with Gasteiger partial charge < -0.3 is 9.64 Å². The monoisotopic (exact) mass is 276 g/mol. The summed E-state index contributed by atoms with van der Waals surface area (Å²) in [5, 5.41) is 0. The first-order valence-corrected chi connectivity index (χ1v) is 7.69. The summed E-state index contributed by atoms with van der Waals surface area (Å²) in [6, 6.07) is 9.66. The van der Waals surface area contributed by atoms with Crippen molar-refractivity contribution in [3.05, 3.63) is 29.8 Å². The summed E-state index contributed by atoms with van der Waals surface area (Å²) >= 11 is 0. The second kappa shape index (κ2) is 7.09. The van der Waals surface area contributed by atoms with Crippen LogP contribution in [0.3, 0.4) is 0 Å². The van der Waals surface area contributed by atoms with Crippen molar-refractivity contribution in [3.63, 3.8) is 0 Å². The standard InChI is InChI=1S/C17H28N2O/c1-14(2)16-5-7-17(8-6-16)19-10-9-18(11-12-20-4)15(3)13-19/h5-8,14-15H,9-13H2,1-4H3/t15-/m1/s1. The number of benzene rings is 1. The van der Waals surface area contributed by atoms with Gasteiger partial charge in [-0.1, -0.05) is 26.0 Å². The van der Waals surface area contributed by atoms with Crippen molar-refractivity contribution in [2.24, 2.45) is 0 Å². The number of hydrogen-bond acceptors (Lipinski definition) is 3. The van der Waals surface area contributed by atoms with Crippen molar-refractivity contribution in [2.75, 3.05) is 44.8 Å². The molecule has 0 aliphatic carbocycles. The molecule has 1 fully saturated rings. The Kier molecular flexibility index (Phi) is 5.44. The SMILES string of the molecule is COCCN1CCN(c2ccc(C(C)C)cc2)C[C@H]1C. The van der Waals surface area contributed by atoms with Crippen molar-refractivity contribution in [3.8, 4) is 0 Å². The third-order valence-corrected chi connectivity index (χ3v) is 4.27. The molecule has 1 aromatic rings.